The lowest BCUT2D eigenvalue weighted by atomic mass is 10.2. The number of methoxy groups -OCH3 is 1. The van der Waals surface area contributed by atoms with E-state index in [-0.39, 0.29) is 11.6 Å². The van der Waals surface area contributed by atoms with E-state index in [9.17, 15) is 10.1 Å². The van der Waals surface area contributed by atoms with E-state index in [0.29, 0.717) is 27.3 Å². The molecule has 2 rings (SSSR count). The van der Waals surface area contributed by atoms with E-state index in [4.69, 9.17) is 21.1 Å². The molecule has 0 heterocycles. The molecule has 0 spiro atoms. The summed E-state index contributed by atoms with van der Waals surface area (Å²) in [7, 11) is 1.57. The number of benzene rings is 2. The molecule has 0 radical (unpaired) electrons. The fourth-order valence-corrected chi connectivity index (χ4v) is 2.38. The maximum Gasteiger partial charge on any atom is 0.274 e. The quantitative estimate of drug-likeness (QED) is 0.425. The van der Waals surface area contributed by atoms with Crippen molar-refractivity contribution in [2.75, 3.05) is 7.11 Å². The van der Waals surface area contributed by atoms with Gasteiger partial charge in [0.05, 0.1) is 22.4 Å². The van der Waals surface area contributed by atoms with Crippen molar-refractivity contribution in [1.29, 1.82) is 0 Å². The highest BCUT2D eigenvalue weighted by atomic mass is 79.9. The molecule has 7 heteroatoms. The van der Waals surface area contributed by atoms with Crippen LogP contribution in [0.2, 0.25) is 0 Å². The van der Waals surface area contributed by atoms with Gasteiger partial charge in [0.15, 0.2) is 0 Å². The summed E-state index contributed by atoms with van der Waals surface area (Å²) < 4.78 is 11.5. The summed E-state index contributed by atoms with van der Waals surface area (Å²) in [6.07, 6.45) is 0. The first-order chi connectivity index (χ1) is 10.0. The van der Waals surface area contributed by atoms with Crippen molar-refractivity contribution in [2.45, 2.75) is 5.88 Å². The molecule has 0 atom stereocenters. The van der Waals surface area contributed by atoms with Crippen LogP contribution in [0.3, 0.4) is 0 Å². The topological polar surface area (TPSA) is 61.6 Å². The van der Waals surface area contributed by atoms with Crippen LogP contribution in [0, 0.1) is 10.1 Å². The number of hydrogen-bond acceptors (Lipinski definition) is 4. The molecule has 0 aliphatic rings. The van der Waals surface area contributed by atoms with Crippen molar-refractivity contribution < 1.29 is 14.4 Å². The lowest BCUT2D eigenvalue weighted by molar-refractivity contribution is -0.385. The summed E-state index contributed by atoms with van der Waals surface area (Å²) in [4.78, 5) is 10.4. The number of rotatable bonds is 5. The van der Waals surface area contributed by atoms with Gasteiger partial charge in [0.1, 0.15) is 17.2 Å². The number of nitro groups is 1. The molecular formula is C14H11BrClNO4. The molecule has 0 aliphatic carbocycles. The van der Waals surface area contributed by atoms with Crippen LogP contribution < -0.4 is 9.47 Å². The molecule has 2 aromatic rings. The van der Waals surface area contributed by atoms with Crippen molar-refractivity contribution in [3.63, 3.8) is 0 Å². The van der Waals surface area contributed by atoms with Crippen LogP contribution in [0.15, 0.2) is 40.9 Å². The van der Waals surface area contributed by atoms with Gasteiger partial charge in [-0.05, 0) is 46.3 Å². The Labute approximate surface area is 134 Å². The van der Waals surface area contributed by atoms with Gasteiger partial charge in [-0.3, -0.25) is 10.1 Å². The summed E-state index contributed by atoms with van der Waals surface area (Å²) in [5.41, 5.74) is 0.384. The Hall–Kier alpha value is -1.79. The van der Waals surface area contributed by atoms with Gasteiger partial charge in [-0.25, -0.2) is 0 Å². The highest BCUT2D eigenvalue weighted by molar-refractivity contribution is 9.10. The summed E-state index contributed by atoms with van der Waals surface area (Å²) in [6.45, 7) is 0. The lowest BCUT2D eigenvalue weighted by Crippen LogP contribution is -1.95. The summed E-state index contributed by atoms with van der Waals surface area (Å²) in [5.74, 6) is 1.78. The molecule has 0 aliphatic heterocycles. The highest BCUT2D eigenvalue weighted by Crippen LogP contribution is 2.34. The van der Waals surface area contributed by atoms with E-state index in [1.54, 1.807) is 31.4 Å². The zero-order chi connectivity index (χ0) is 15.4. The van der Waals surface area contributed by atoms with E-state index in [2.05, 4.69) is 15.9 Å². The molecule has 2 aromatic carbocycles. The SMILES string of the molecule is COc1ccc(Oc2ccc([N+](=O)[O-])c(CCl)c2)c(Br)c1. The standard InChI is InChI=1S/C14H11BrClNO4/c1-20-10-3-5-14(12(15)7-10)21-11-2-4-13(17(18)19)9(6-11)8-16/h2-7H,8H2,1H3. The maximum absolute atomic E-state index is 10.9. The molecule has 0 saturated heterocycles. The van der Waals surface area contributed by atoms with Gasteiger partial charge in [0, 0.05) is 11.6 Å². The van der Waals surface area contributed by atoms with Crippen molar-refractivity contribution in [1.82, 2.24) is 0 Å². The summed E-state index contributed by atoms with van der Waals surface area (Å²) in [5, 5.41) is 10.9. The second-order valence-electron chi connectivity index (χ2n) is 4.08. The first-order valence-corrected chi connectivity index (χ1v) is 7.22. The number of alkyl halides is 1. The molecular weight excluding hydrogens is 362 g/mol. The van der Waals surface area contributed by atoms with Crippen LogP contribution in [0.5, 0.6) is 17.2 Å². The number of ether oxygens (including phenoxy) is 2. The Morgan fingerprint density at radius 3 is 2.52 bits per heavy atom. The largest absolute Gasteiger partial charge is 0.497 e. The molecule has 0 aromatic heterocycles. The summed E-state index contributed by atoms with van der Waals surface area (Å²) >= 11 is 9.12. The first kappa shape index (κ1) is 15.6. The monoisotopic (exact) mass is 371 g/mol. The van der Waals surface area contributed by atoms with Crippen LogP contribution in [-0.2, 0) is 5.88 Å². The van der Waals surface area contributed by atoms with E-state index >= 15 is 0 Å². The molecule has 0 bridgehead atoms. The van der Waals surface area contributed by atoms with Gasteiger partial charge in [0.25, 0.3) is 5.69 Å². The molecule has 0 unspecified atom stereocenters. The number of nitrogens with zero attached hydrogens (tertiary/aromatic N) is 1. The van der Waals surface area contributed by atoms with Crippen LogP contribution in [0.25, 0.3) is 0 Å². The van der Waals surface area contributed by atoms with E-state index in [0.717, 1.165) is 0 Å². The Bertz CT molecular complexity index is 678. The Morgan fingerprint density at radius 2 is 1.95 bits per heavy atom. The smallest absolute Gasteiger partial charge is 0.274 e. The molecule has 0 saturated carbocycles. The van der Waals surface area contributed by atoms with E-state index < -0.39 is 4.92 Å². The van der Waals surface area contributed by atoms with Crippen molar-refractivity contribution in [3.05, 3.63) is 56.5 Å². The molecule has 0 amide bonds. The normalized spacial score (nSPS) is 10.2. The van der Waals surface area contributed by atoms with Gasteiger partial charge in [-0.15, -0.1) is 11.6 Å². The van der Waals surface area contributed by atoms with Crippen LogP contribution >= 0.6 is 27.5 Å². The van der Waals surface area contributed by atoms with Crippen molar-refractivity contribution in [2.24, 2.45) is 0 Å². The highest BCUT2D eigenvalue weighted by Gasteiger charge is 2.14. The fraction of sp³-hybridized carbons (Fsp3) is 0.143. The zero-order valence-electron chi connectivity index (χ0n) is 11.0. The van der Waals surface area contributed by atoms with Gasteiger partial charge in [0.2, 0.25) is 0 Å². The minimum atomic E-state index is -0.467. The predicted molar refractivity (Wildman–Crippen MR) is 83.4 cm³/mol. The van der Waals surface area contributed by atoms with Gasteiger partial charge in [-0.1, -0.05) is 0 Å². The first-order valence-electron chi connectivity index (χ1n) is 5.90. The lowest BCUT2D eigenvalue weighted by Gasteiger charge is -2.10. The number of hydrogen-bond donors (Lipinski definition) is 0. The van der Waals surface area contributed by atoms with Crippen LogP contribution in [0.4, 0.5) is 5.69 Å². The second kappa shape index (κ2) is 6.78. The zero-order valence-corrected chi connectivity index (χ0v) is 13.3. The van der Waals surface area contributed by atoms with Crippen LogP contribution in [0.1, 0.15) is 5.56 Å². The second-order valence-corrected chi connectivity index (χ2v) is 5.20. The molecule has 0 N–H and O–H groups in total. The third-order valence-electron chi connectivity index (χ3n) is 2.76. The Morgan fingerprint density at radius 1 is 1.24 bits per heavy atom. The van der Waals surface area contributed by atoms with E-state index in [1.807, 2.05) is 0 Å². The van der Waals surface area contributed by atoms with E-state index in [1.165, 1.54) is 12.1 Å². The van der Waals surface area contributed by atoms with Crippen LogP contribution in [-0.4, -0.2) is 12.0 Å². The minimum Gasteiger partial charge on any atom is -0.497 e. The average molecular weight is 373 g/mol. The third-order valence-corrected chi connectivity index (χ3v) is 3.67. The average Bonchev–Trinajstić information content (AvgIpc) is 2.48. The van der Waals surface area contributed by atoms with Crippen molar-refractivity contribution in [3.8, 4) is 17.2 Å². The fourth-order valence-electron chi connectivity index (χ4n) is 1.73. The summed E-state index contributed by atoms with van der Waals surface area (Å²) in [6, 6.07) is 9.74. The van der Waals surface area contributed by atoms with Crippen molar-refractivity contribution >= 4 is 33.2 Å². The molecule has 0 fully saturated rings. The Kier molecular flexibility index (Phi) is 5.03. The predicted octanol–water partition coefficient (Wildman–Crippen LogP) is 4.90. The minimum absolute atomic E-state index is 0.0221. The number of halogens is 2. The molecule has 110 valence electrons. The maximum atomic E-state index is 10.9. The third kappa shape index (κ3) is 3.65. The Balaban J connectivity index is 2.29. The van der Waals surface area contributed by atoms with Gasteiger partial charge >= 0.3 is 0 Å². The molecule has 5 nitrogen and oxygen atoms in total. The molecule has 21 heavy (non-hydrogen) atoms. The van der Waals surface area contributed by atoms with Gasteiger partial charge in [-0.2, -0.15) is 0 Å². The number of nitro benzene ring substituents is 1. The van der Waals surface area contributed by atoms with Gasteiger partial charge < -0.3 is 9.47 Å².